The lowest BCUT2D eigenvalue weighted by atomic mass is 9.73. The molecule has 0 spiro atoms. The van der Waals surface area contributed by atoms with Gasteiger partial charge >= 0.3 is 0 Å². The number of ether oxygens (including phenoxy) is 2. The monoisotopic (exact) mass is 332 g/mol. The molecule has 0 aromatic heterocycles. The number of nitrogens with zero attached hydrogens (tertiary/aromatic N) is 3. The summed E-state index contributed by atoms with van der Waals surface area (Å²) in [7, 11) is 5.60. The van der Waals surface area contributed by atoms with Crippen molar-refractivity contribution in [2.75, 3.05) is 47.5 Å². The van der Waals surface area contributed by atoms with Crippen molar-refractivity contribution < 1.29 is 9.47 Å². The van der Waals surface area contributed by atoms with Crippen molar-refractivity contribution in [3.63, 3.8) is 0 Å². The summed E-state index contributed by atoms with van der Waals surface area (Å²) in [5.74, 6) is 0.225. The topological polar surface area (TPSA) is 81.3 Å². The summed E-state index contributed by atoms with van der Waals surface area (Å²) in [6.07, 6.45) is 1.42. The van der Waals surface area contributed by atoms with Crippen molar-refractivity contribution in [3.05, 3.63) is 22.6 Å². The number of hydrogen-bond acceptors (Lipinski definition) is 6. The van der Waals surface area contributed by atoms with Crippen LogP contribution in [-0.2, 0) is 9.47 Å². The van der Waals surface area contributed by atoms with E-state index in [1.165, 1.54) is 0 Å². The number of nitrogens with one attached hydrogen (secondary N) is 1. The number of allylic oxidation sites excluding steroid dienone is 4. The van der Waals surface area contributed by atoms with Gasteiger partial charge in [-0.3, -0.25) is 0 Å². The zero-order valence-electron chi connectivity index (χ0n) is 15.4. The van der Waals surface area contributed by atoms with Gasteiger partial charge in [-0.05, 0) is 32.4 Å². The molecule has 1 rings (SSSR count). The van der Waals surface area contributed by atoms with Crippen LogP contribution in [0, 0.1) is 28.1 Å². The maximum atomic E-state index is 9.64. The Kier molecular flexibility index (Phi) is 7.78. The first-order chi connectivity index (χ1) is 11.3. The van der Waals surface area contributed by atoms with Gasteiger partial charge in [-0.15, -0.1) is 0 Å². The van der Waals surface area contributed by atoms with E-state index in [9.17, 15) is 10.5 Å². The van der Waals surface area contributed by atoms with Gasteiger partial charge in [0.15, 0.2) is 0 Å². The van der Waals surface area contributed by atoms with Crippen LogP contribution in [0.1, 0.15) is 26.7 Å². The summed E-state index contributed by atoms with van der Waals surface area (Å²) in [4.78, 5) is 2.08. The molecule has 1 aliphatic carbocycles. The average Bonchev–Trinajstić information content (AvgIpc) is 2.50. The van der Waals surface area contributed by atoms with Crippen LogP contribution in [0.25, 0.3) is 0 Å². The van der Waals surface area contributed by atoms with E-state index in [0.29, 0.717) is 30.8 Å². The lowest BCUT2D eigenvalue weighted by Crippen LogP contribution is -2.32. The Labute approximate surface area is 145 Å². The van der Waals surface area contributed by atoms with E-state index in [0.717, 1.165) is 25.2 Å². The predicted molar refractivity (Wildman–Crippen MR) is 92.7 cm³/mol. The van der Waals surface area contributed by atoms with Gasteiger partial charge in [-0.1, -0.05) is 13.8 Å². The Balaban J connectivity index is 3.15. The molecule has 6 heteroatoms. The van der Waals surface area contributed by atoms with Crippen molar-refractivity contribution in [1.29, 1.82) is 10.5 Å². The maximum Gasteiger partial charge on any atom is 0.201 e. The molecule has 0 radical (unpaired) electrons. The average molecular weight is 332 g/mol. The largest absolute Gasteiger partial charge is 0.481 e. The molecule has 0 fully saturated rings. The van der Waals surface area contributed by atoms with Crippen LogP contribution in [0.3, 0.4) is 0 Å². The Bertz CT molecular complexity index is 577. The van der Waals surface area contributed by atoms with E-state index >= 15 is 0 Å². The number of rotatable bonds is 8. The van der Waals surface area contributed by atoms with Gasteiger partial charge in [-0.2, -0.15) is 10.5 Å². The Morgan fingerprint density at radius 1 is 1.25 bits per heavy atom. The highest BCUT2D eigenvalue weighted by atomic mass is 16.5. The molecular formula is C18H28N4O2. The molecule has 24 heavy (non-hydrogen) atoms. The Hall–Kier alpha value is -2.02. The van der Waals surface area contributed by atoms with Crippen molar-refractivity contribution in [3.8, 4) is 12.1 Å². The van der Waals surface area contributed by atoms with E-state index in [1.807, 2.05) is 14.1 Å². The minimum absolute atomic E-state index is 0.0388. The van der Waals surface area contributed by atoms with E-state index < -0.39 is 0 Å². The first-order valence-corrected chi connectivity index (χ1v) is 8.12. The molecule has 132 valence electrons. The van der Waals surface area contributed by atoms with Crippen LogP contribution < -0.4 is 5.32 Å². The van der Waals surface area contributed by atoms with Gasteiger partial charge in [0.1, 0.15) is 18.7 Å². The van der Waals surface area contributed by atoms with E-state index in [2.05, 4.69) is 36.2 Å². The number of methoxy groups -OCH3 is 1. The Morgan fingerprint density at radius 3 is 2.50 bits per heavy atom. The molecule has 0 atom stereocenters. The maximum absolute atomic E-state index is 9.64. The summed E-state index contributed by atoms with van der Waals surface area (Å²) >= 11 is 0. The van der Waals surface area contributed by atoms with Gasteiger partial charge in [0.2, 0.25) is 5.76 Å². The quantitative estimate of drug-likeness (QED) is 0.417. The number of hydrogen-bond donors (Lipinski definition) is 1. The molecule has 1 N–H and O–H groups in total. The van der Waals surface area contributed by atoms with Crippen LogP contribution in [0.2, 0.25) is 0 Å². The van der Waals surface area contributed by atoms with Crippen LogP contribution in [0.15, 0.2) is 22.6 Å². The lowest BCUT2D eigenvalue weighted by Gasteiger charge is -2.34. The summed E-state index contributed by atoms with van der Waals surface area (Å²) in [6, 6.07) is 4.38. The Morgan fingerprint density at radius 2 is 1.96 bits per heavy atom. The third-order valence-corrected chi connectivity index (χ3v) is 3.83. The van der Waals surface area contributed by atoms with Gasteiger partial charge < -0.3 is 19.7 Å². The fourth-order valence-electron chi connectivity index (χ4n) is 2.70. The minimum Gasteiger partial charge on any atom is -0.481 e. The van der Waals surface area contributed by atoms with E-state index in [4.69, 9.17) is 9.47 Å². The van der Waals surface area contributed by atoms with Gasteiger partial charge in [-0.25, -0.2) is 0 Å². The molecule has 0 unspecified atom stereocenters. The molecule has 0 aliphatic heterocycles. The SMILES string of the molecule is COCCO/C(C#N)=C1/CC(C)(C)CC(NCCN(C)C)=C1C#N. The fraction of sp³-hybridized carbons (Fsp3) is 0.667. The third kappa shape index (κ3) is 5.88. The summed E-state index contributed by atoms with van der Waals surface area (Å²) in [6.45, 7) is 6.60. The highest BCUT2D eigenvalue weighted by Crippen LogP contribution is 2.42. The fourth-order valence-corrected chi connectivity index (χ4v) is 2.70. The first-order valence-electron chi connectivity index (χ1n) is 8.12. The molecule has 0 bridgehead atoms. The normalized spacial score (nSPS) is 18.8. The zero-order valence-corrected chi connectivity index (χ0v) is 15.4. The number of likely N-dealkylation sites (N-methyl/N-ethyl adjacent to an activating group) is 1. The van der Waals surface area contributed by atoms with Crippen LogP contribution in [0.5, 0.6) is 0 Å². The smallest absolute Gasteiger partial charge is 0.201 e. The molecule has 0 saturated heterocycles. The highest BCUT2D eigenvalue weighted by molar-refractivity contribution is 5.52. The van der Waals surface area contributed by atoms with E-state index in [-0.39, 0.29) is 11.2 Å². The van der Waals surface area contributed by atoms with Gasteiger partial charge in [0, 0.05) is 31.5 Å². The van der Waals surface area contributed by atoms with Crippen molar-refractivity contribution >= 4 is 0 Å². The van der Waals surface area contributed by atoms with Crippen molar-refractivity contribution in [2.45, 2.75) is 26.7 Å². The molecule has 0 aromatic rings. The predicted octanol–water partition coefficient (Wildman–Crippen LogP) is 2.18. The molecule has 0 amide bonds. The summed E-state index contributed by atoms with van der Waals surface area (Å²) in [5, 5.41) is 22.5. The molecule has 6 nitrogen and oxygen atoms in total. The summed E-state index contributed by atoms with van der Waals surface area (Å²) < 4.78 is 10.5. The molecule has 0 aromatic carbocycles. The highest BCUT2D eigenvalue weighted by Gasteiger charge is 2.33. The van der Waals surface area contributed by atoms with Crippen LogP contribution in [0.4, 0.5) is 0 Å². The van der Waals surface area contributed by atoms with E-state index in [1.54, 1.807) is 7.11 Å². The van der Waals surface area contributed by atoms with Gasteiger partial charge in [0.25, 0.3) is 0 Å². The van der Waals surface area contributed by atoms with Crippen LogP contribution in [-0.4, -0.2) is 52.4 Å². The van der Waals surface area contributed by atoms with Gasteiger partial charge in [0.05, 0.1) is 12.2 Å². The minimum atomic E-state index is -0.0388. The second-order valence-corrected chi connectivity index (χ2v) is 6.97. The van der Waals surface area contributed by atoms with Crippen molar-refractivity contribution in [1.82, 2.24) is 10.2 Å². The summed E-state index contributed by atoms with van der Waals surface area (Å²) in [5.41, 5.74) is 2.10. The molecular weight excluding hydrogens is 304 g/mol. The second kappa shape index (κ2) is 9.32. The molecule has 0 heterocycles. The second-order valence-electron chi connectivity index (χ2n) is 6.97. The zero-order chi connectivity index (χ0) is 18.2. The standard InChI is InChI=1S/C18H28N4O2/c1-18(2)10-14(17(13-20)24-9-8-23-5)15(12-19)16(11-18)21-6-7-22(3)4/h21H,6-11H2,1-5H3/b17-14-. The molecule has 0 saturated carbocycles. The third-order valence-electron chi connectivity index (χ3n) is 3.83. The van der Waals surface area contributed by atoms with Crippen molar-refractivity contribution in [2.24, 2.45) is 5.41 Å². The molecule has 1 aliphatic rings. The van der Waals surface area contributed by atoms with Crippen LogP contribution >= 0.6 is 0 Å². The number of nitriles is 2. The lowest BCUT2D eigenvalue weighted by molar-refractivity contribution is 0.113. The first kappa shape index (κ1) is 20.0.